The van der Waals surface area contributed by atoms with Gasteiger partial charge in [0.05, 0.1) is 32.6 Å². The van der Waals surface area contributed by atoms with Crippen LogP contribution in [0.3, 0.4) is 0 Å². The van der Waals surface area contributed by atoms with Crippen LogP contribution in [0.2, 0.25) is 0 Å². The molecule has 1 aliphatic rings. The average molecular weight is 183 g/mol. The minimum atomic E-state index is -2.53. The zero-order chi connectivity index (χ0) is 8.77. The van der Waals surface area contributed by atoms with Crippen LogP contribution in [-0.4, -0.2) is 26.6 Å². The number of aromatic nitrogens is 2. The molecule has 6 heteroatoms. The van der Waals surface area contributed by atoms with Crippen LogP contribution >= 0.6 is 0 Å². The molecule has 1 aromatic rings. The Bertz CT molecular complexity index is 473. The molecule has 0 saturated heterocycles. The lowest BCUT2D eigenvalue weighted by atomic mass is 10.3. The summed E-state index contributed by atoms with van der Waals surface area (Å²) in [4.78, 5) is 11.5. The molecule has 62 valence electrons. The maximum absolute atomic E-state index is 11.6. The molecule has 0 N–H and O–H groups in total. The van der Waals surface area contributed by atoms with Crippen molar-refractivity contribution in [3.05, 3.63) is 18.0 Å². The van der Waals surface area contributed by atoms with Crippen molar-refractivity contribution in [3.8, 4) is 0 Å². The molecule has 0 aromatic carbocycles. The molecule has 1 amide bonds. The highest BCUT2D eigenvalue weighted by Crippen LogP contribution is 2.22. The molecule has 2 heterocycles. The van der Waals surface area contributed by atoms with E-state index in [-0.39, 0.29) is 0 Å². The second-order valence-electron chi connectivity index (χ2n) is 2.47. The summed E-state index contributed by atoms with van der Waals surface area (Å²) in [7, 11) is -2.53. The van der Waals surface area contributed by atoms with E-state index in [9.17, 15) is 9.00 Å². The lowest BCUT2D eigenvalue weighted by Crippen LogP contribution is -1.97. The minimum absolute atomic E-state index is 0.303. The molecule has 1 aliphatic heterocycles. The predicted molar refractivity (Wildman–Crippen MR) is 41.1 cm³/mol. The molecule has 12 heavy (non-hydrogen) atoms. The third-order valence-electron chi connectivity index (χ3n) is 1.59. The average Bonchev–Trinajstić information content (AvgIpc) is 2.25. The van der Waals surface area contributed by atoms with Gasteiger partial charge in [-0.3, -0.25) is 4.79 Å². The van der Waals surface area contributed by atoms with Crippen molar-refractivity contribution < 1.29 is 9.00 Å². The topological polar surface area (TPSA) is 72.3 Å². The number of carbonyl (C=O) groups is 1. The number of hydrogen-bond donors (Lipinski definition) is 0. The third-order valence-corrected chi connectivity index (χ3v) is 3.25. The van der Waals surface area contributed by atoms with Gasteiger partial charge in [0.2, 0.25) is 0 Å². The van der Waals surface area contributed by atoms with Crippen LogP contribution in [0.5, 0.6) is 0 Å². The van der Waals surface area contributed by atoms with Crippen LogP contribution in [0.1, 0.15) is 10.4 Å². The maximum atomic E-state index is 11.6. The first kappa shape index (κ1) is 7.35. The molecule has 1 unspecified atom stereocenters. The second kappa shape index (κ2) is 2.10. The predicted octanol–water partition coefficient (Wildman–Crippen LogP) is 0.0871. The first-order valence-electron chi connectivity index (χ1n) is 3.18. The molecule has 2 rings (SSSR count). The Kier molecular flexibility index (Phi) is 1.29. The number of hydrogen-bond acceptors (Lipinski definition) is 4. The van der Waals surface area contributed by atoms with Gasteiger partial charge in [0.15, 0.2) is 0 Å². The maximum Gasteiger partial charge on any atom is 0.288 e. The summed E-state index contributed by atoms with van der Waals surface area (Å²) in [6.45, 7) is 0. The standard InChI is InChI=1S/C6H5N3O2S/c1-12(11)5-3-8-7-2-4(5)6(10)9-12/h2-3H,1H3. The Morgan fingerprint density at radius 1 is 1.33 bits per heavy atom. The van der Waals surface area contributed by atoms with E-state index in [4.69, 9.17) is 0 Å². The molecule has 1 aromatic heterocycles. The molecule has 1 atom stereocenters. The highest BCUT2D eigenvalue weighted by Gasteiger charge is 2.25. The van der Waals surface area contributed by atoms with Crippen molar-refractivity contribution in [2.75, 3.05) is 6.26 Å². The third kappa shape index (κ3) is 0.845. The van der Waals surface area contributed by atoms with Crippen molar-refractivity contribution in [1.82, 2.24) is 10.2 Å². The van der Waals surface area contributed by atoms with Crippen LogP contribution in [0.4, 0.5) is 0 Å². The number of fused-ring (bicyclic) bond motifs is 1. The fourth-order valence-corrected chi connectivity index (χ4v) is 2.33. The van der Waals surface area contributed by atoms with Crippen LogP contribution in [0.25, 0.3) is 0 Å². The van der Waals surface area contributed by atoms with Gasteiger partial charge in [-0.25, -0.2) is 4.21 Å². The van der Waals surface area contributed by atoms with Gasteiger partial charge in [0.25, 0.3) is 5.91 Å². The highest BCUT2D eigenvalue weighted by atomic mass is 32.2. The normalized spacial score (nSPS) is 26.6. The summed E-state index contributed by atoms with van der Waals surface area (Å²) in [6.07, 6.45) is 4.03. The molecule has 5 nitrogen and oxygen atoms in total. The van der Waals surface area contributed by atoms with Crippen LogP contribution in [0.15, 0.2) is 21.7 Å². The molecule has 0 fully saturated rings. The van der Waals surface area contributed by atoms with Gasteiger partial charge in [-0.2, -0.15) is 14.6 Å². The molecule has 0 bridgehead atoms. The molecule has 0 spiro atoms. The zero-order valence-electron chi connectivity index (χ0n) is 6.22. The van der Waals surface area contributed by atoms with Gasteiger partial charge in [-0.15, -0.1) is 0 Å². The Morgan fingerprint density at radius 2 is 2.00 bits per heavy atom. The van der Waals surface area contributed by atoms with E-state index in [0.29, 0.717) is 10.5 Å². The van der Waals surface area contributed by atoms with Crippen molar-refractivity contribution in [1.29, 1.82) is 0 Å². The van der Waals surface area contributed by atoms with E-state index in [1.807, 2.05) is 0 Å². The SMILES string of the molecule is CS1(=O)=NC(=O)c2cnncc21. The number of carbonyl (C=O) groups excluding carboxylic acids is 1. The van der Waals surface area contributed by atoms with E-state index in [1.165, 1.54) is 18.6 Å². The van der Waals surface area contributed by atoms with Gasteiger partial charge < -0.3 is 0 Å². The minimum Gasteiger partial charge on any atom is -0.266 e. The Morgan fingerprint density at radius 3 is 2.67 bits per heavy atom. The fourth-order valence-electron chi connectivity index (χ4n) is 1.03. The summed E-state index contributed by atoms with van der Waals surface area (Å²) < 4.78 is 15.1. The van der Waals surface area contributed by atoms with Crippen LogP contribution in [-0.2, 0) is 9.73 Å². The lowest BCUT2D eigenvalue weighted by Gasteiger charge is -1.94. The van der Waals surface area contributed by atoms with Crippen LogP contribution in [0, 0.1) is 0 Å². The molecular weight excluding hydrogens is 178 g/mol. The van der Waals surface area contributed by atoms with E-state index in [0.717, 1.165) is 0 Å². The molecule has 0 aliphatic carbocycles. The van der Waals surface area contributed by atoms with E-state index in [2.05, 4.69) is 14.6 Å². The van der Waals surface area contributed by atoms with E-state index in [1.54, 1.807) is 0 Å². The van der Waals surface area contributed by atoms with Crippen LogP contribution < -0.4 is 0 Å². The first-order chi connectivity index (χ1) is 5.61. The summed E-state index contributed by atoms with van der Waals surface area (Å²) in [5.41, 5.74) is 0.303. The molecular formula is C6H5N3O2S. The van der Waals surface area contributed by atoms with Gasteiger partial charge in [-0.05, 0) is 0 Å². The van der Waals surface area contributed by atoms with Gasteiger partial charge in [0.1, 0.15) is 0 Å². The molecule has 0 saturated carbocycles. The summed E-state index contributed by atoms with van der Waals surface area (Å²) in [5, 5.41) is 7.06. The van der Waals surface area contributed by atoms with Crippen molar-refractivity contribution in [2.24, 2.45) is 4.36 Å². The summed E-state index contributed by atoms with van der Waals surface area (Å²) in [6, 6.07) is 0. The van der Waals surface area contributed by atoms with Crippen molar-refractivity contribution in [2.45, 2.75) is 4.90 Å². The van der Waals surface area contributed by atoms with Gasteiger partial charge >= 0.3 is 0 Å². The number of rotatable bonds is 0. The van der Waals surface area contributed by atoms with Gasteiger partial charge in [-0.1, -0.05) is 0 Å². The quantitative estimate of drug-likeness (QED) is 0.571. The Balaban J connectivity index is 2.87. The monoisotopic (exact) mass is 183 g/mol. The van der Waals surface area contributed by atoms with E-state index >= 15 is 0 Å². The highest BCUT2D eigenvalue weighted by molar-refractivity contribution is 7.93. The first-order valence-corrected chi connectivity index (χ1v) is 5.11. The summed E-state index contributed by atoms with van der Waals surface area (Å²) >= 11 is 0. The Labute approximate surface area is 69.0 Å². The summed E-state index contributed by atoms with van der Waals surface area (Å²) in [5.74, 6) is -0.465. The smallest absolute Gasteiger partial charge is 0.266 e. The number of nitrogens with zero attached hydrogens (tertiary/aromatic N) is 3. The molecule has 0 radical (unpaired) electrons. The number of amides is 1. The van der Waals surface area contributed by atoms with Crippen molar-refractivity contribution in [3.63, 3.8) is 0 Å². The van der Waals surface area contributed by atoms with Crippen molar-refractivity contribution >= 4 is 15.6 Å². The zero-order valence-corrected chi connectivity index (χ0v) is 7.04. The lowest BCUT2D eigenvalue weighted by molar-refractivity contribution is 0.100. The Hall–Kier alpha value is -1.30. The second-order valence-corrected chi connectivity index (χ2v) is 4.69. The van der Waals surface area contributed by atoms with E-state index < -0.39 is 15.6 Å². The van der Waals surface area contributed by atoms with Gasteiger partial charge in [0, 0.05) is 6.26 Å². The fraction of sp³-hybridized carbons (Fsp3) is 0.167. The largest absolute Gasteiger partial charge is 0.288 e.